The number of nitrogens with zero attached hydrogens (tertiary/aromatic N) is 2. The monoisotopic (exact) mass is 352 g/mol. The lowest BCUT2D eigenvalue weighted by Crippen LogP contribution is -2.31. The zero-order chi connectivity index (χ0) is 15.2. The standard InChI is InChI=1S/C15H14BrFN2O2/c1-19(15(20)11-8-12(16)10-18-9-11)6-7-21-14-5-3-2-4-13(14)17/h2-5,8-10H,6-7H2,1H3. The molecule has 21 heavy (non-hydrogen) atoms. The first-order chi connectivity index (χ1) is 10.1. The van der Waals surface area contributed by atoms with Crippen molar-refractivity contribution in [3.05, 3.63) is 58.6 Å². The van der Waals surface area contributed by atoms with Crippen LogP contribution in [-0.4, -0.2) is 36.0 Å². The fourth-order valence-corrected chi connectivity index (χ4v) is 2.07. The predicted octanol–water partition coefficient (Wildman–Crippen LogP) is 3.13. The van der Waals surface area contributed by atoms with Crippen molar-refractivity contribution < 1.29 is 13.9 Å². The molecule has 2 rings (SSSR count). The summed E-state index contributed by atoms with van der Waals surface area (Å²) in [5, 5.41) is 0. The number of rotatable bonds is 5. The summed E-state index contributed by atoms with van der Waals surface area (Å²) in [5.41, 5.74) is 0.484. The third kappa shape index (κ3) is 4.26. The van der Waals surface area contributed by atoms with E-state index in [1.165, 1.54) is 17.2 Å². The van der Waals surface area contributed by atoms with Crippen LogP contribution < -0.4 is 4.74 Å². The van der Waals surface area contributed by atoms with E-state index in [-0.39, 0.29) is 18.3 Å². The number of carbonyl (C=O) groups excluding carboxylic acids is 1. The summed E-state index contributed by atoms with van der Waals surface area (Å²) in [6, 6.07) is 7.87. The minimum absolute atomic E-state index is 0.166. The van der Waals surface area contributed by atoms with Gasteiger partial charge in [-0.3, -0.25) is 9.78 Å². The maximum Gasteiger partial charge on any atom is 0.255 e. The van der Waals surface area contributed by atoms with Crippen molar-refractivity contribution in [1.82, 2.24) is 9.88 Å². The first-order valence-corrected chi connectivity index (χ1v) is 7.10. The third-order valence-corrected chi connectivity index (χ3v) is 3.25. The van der Waals surface area contributed by atoms with E-state index in [4.69, 9.17) is 4.74 Å². The normalized spacial score (nSPS) is 10.2. The summed E-state index contributed by atoms with van der Waals surface area (Å²) >= 11 is 3.27. The molecule has 6 heteroatoms. The number of ether oxygens (including phenoxy) is 1. The van der Waals surface area contributed by atoms with Gasteiger partial charge < -0.3 is 9.64 Å². The van der Waals surface area contributed by atoms with Crippen LogP contribution in [0, 0.1) is 5.82 Å². The van der Waals surface area contributed by atoms with E-state index < -0.39 is 5.82 Å². The molecule has 0 aliphatic rings. The van der Waals surface area contributed by atoms with Gasteiger partial charge in [0, 0.05) is 23.9 Å². The fraction of sp³-hybridized carbons (Fsp3) is 0.200. The van der Waals surface area contributed by atoms with Gasteiger partial charge in [0.2, 0.25) is 0 Å². The van der Waals surface area contributed by atoms with Crippen molar-refractivity contribution >= 4 is 21.8 Å². The minimum Gasteiger partial charge on any atom is -0.489 e. The van der Waals surface area contributed by atoms with Gasteiger partial charge in [0.15, 0.2) is 11.6 Å². The molecule has 1 aromatic carbocycles. The second-order valence-corrected chi connectivity index (χ2v) is 5.31. The van der Waals surface area contributed by atoms with Crippen LogP contribution in [0.25, 0.3) is 0 Å². The van der Waals surface area contributed by atoms with Gasteiger partial charge in [-0.25, -0.2) is 4.39 Å². The Morgan fingerprint density at radius 3 is 2.86 bits per heavy atom. The third-order valence-electron chi connectivity index (χ3n) is 2.82. The first kappa shape index (κ1) is 15.4. The summed E-state index contributed by atoms with van der Waals surface area (Å²) in [4.78, 5) is 17.6. The number of hydrogen-bond donors (Lipinski definition) is 0. The number of benzene rings is 1. The smallest absolute Gasteiger partial charge is 0.255 e. The van der Waals surface area contributed by atoms with E-state index in [2.05, 4.69) is 20.9 Å². The second kappa shape index (κ2) is 7.17. The molecule has 4 nitrogen and oxygen atoms in total. The van der Waals surface area contributed by atoms with Gasteiger partial charge >= 0.3 is 0 Å². The Hall–Kier alpha value is -1.95. The number of hydrogen-bond acceptors (Lipinski definition) is 3. The van der Waals surface area contributed by atoms with Gasteiger partial charge in [-0.1, -0.05) is 12.1 Å². The van der Waals surface area contributed by atoms with Crippen molar-refractivity contribution in [3.8, 4) is 5.75 Å². The average Bonchev–Trinajstić information content (AvgIpc) is 2.48. The van der Waals surface area contributed by atoms with Gasteiger partial charge in [0.1, 0.15) is 6.61 Å². The zero-order valence-electron chi connectivity index (χ0n) is 11.4. The van der Waals surface area contributed by atoms with E-state index in [1.54, 1.807) is 37.5 Å². The van der Waals surface area contributed by atoms with Crippen LogP contribution in [0.1, 0.15) is 10.4 Å². The molecule has 1 amide bonds. The van der Waals surface area contributed by atoms with E-state index in [0.717, 1.165) is 4.47 Å². The minimum atomic E-state index is -0.414. The number of pyridine rings is 1. The Morgan fingerprint density at radius 1 is 1.38 bits per heavy atom. The van der Waals surface area contributed by atoms with Crippen LogP contribution in [0.3, 0.4) is 0 Å². The van der Waals surface area contributed by atoms with Crippen LogP contribution in [-0.2, 0) is 0 Å². The van der Waals surface area contributed by atoms with Gasteiger partial charge in [-0.15, -0.1) is 0 Å². The lowest BCUT2D eigenvalue weighted by atomic mass is 10.2. The number of amides is 1. The molecule has 0 unspecified atom stereocenters. The van der Waals surface area contributed by atoms with E-state index in [0.29, 0.717) is 12.1 Å². The summed E-state index contributed by atoms with van der Waals surface area (Å²) in [7, 11) is 1.66. The van der Waals surface area contributed by atoms with Crippen LogP contribution in [0.2, 0.25) is 0 Å². The number of likely N-dealkylation sites (N-methyl/N-ethyl adjacent to an activating group) is 1. The molecule has 1 heterocycles. The Labute approximate surface area is 130 Å². The number of aromatic nitrogens is 1. The molecule has 0 aliphatic heterocycles. The van der Waals surface area contributed by atoms with Crippen molar-refractivity contribution in [2.75, 3.05) is 20.2 Å². The fourth-order valence-electron chi connectivity index (χ4n) is 1.71. The van der Waals surface area contributed by atoms with Gasteiger partial charge in [0.25, 0.3) is 5.91 Å². The molecule has 0 radical (unpaired) electrons. The highest BCUT2D eigenvalue weighted by Crippen LogP contribution is 2.15. The number of halogens is 2. The molecule has 0 bridgehead atoms. The van der Waals surface area contributed by atoms with Crippen molar-refractivity contribution in [1.29, 1.82) is 0 Å². The predicted molar refractivity (Wildman–Crippen MR) is 80.8 cm³/mol. The number of carbonyl (C=O) groups is 1. The maximum atomic E-state index is 13.4. The average molecular weight is 353 g/mol. The van der Waals surface area contributed by atoms with Crippen LogP contribution in [0.5, 0.6) is 5.75 Å². The van der Waals surface area contributed by atoms with Crippen molar-refractivity contribution in [3.63, 3.8) is 0 Å². The van der Waals surface area contributed by atoms with E-state index in [1.807, 2.05) is 0 Å². The molecule has 1 aromatic heterocycles. The maximum absolute atomic E-state index is 13.4. The topological polar surface area (TPSA) is 42.4 Å². The number of para-hydroxylation sites is 1. The van der Waals surface area contributed by atoms with E-state index in [9.17, 15) is 9.18 Å². The highest BCUT2D eigenvalue weighted by molar-refractivity contribution is 9.10. The van der Waals surface area contributed by atoms with Crippen molar-refractivity contribution in [2.45, 2.75) is 0 Å². The van der Waals surface area contributed by atoms with Crippen LogP contribution in [0.15, 0.2) is 47.2 Å². The molecule has 0 aliphatic carbocycles. The van der Waals surface area contributed by atoms with Crippen molar-refractivity contribution in [2.24, 2.45) is 0 Å². The van der Waals surface area contributed by atoms with E-state index >= 15 is 0 Å². The molecule has 110 valence electrons. The summed E-state index contributed by atoms with van der Waals surface area (Å²) in [6.45, 7) is 0.560. The lowest BCUT2D eigenvalue weighted by molar-refractivity contribution is 0.0772. The van der Waals surface area contributed by atoms with Gasteiger partial charge in [-0.05, 0) is 34.1 Å². The van der Waals surface area contributed by atoms with Crippen LogP contribution >= 0.6 is 15.9 Å². The molecule has 0 saturated heterocycles. The Balaban J connectivity index is 1.89. The molecule has 0 saturated carbocycles. The second-order valence-electron chi connectivity index (χ2n) is 4.40. The Bertz CT molecular complexity index is 637. The molecule has 0 atom stereocenters. The Kier molecular flexibility index (Phi) is 5.27. The molecule has 0 fully saturated rings. The molecular weight excluding hydrogens is 339 g/mol. The molecular formula is C15H14BrFN2O2. The van der Waals surface area contributed by atoms with Gasteiger partial charge in [-0.2, -0.15) is 0 Å². The summed E-state index contributed by atoms with van der Waals surface area (Å²) in [6.07, 6.45) is 3.11. The van der Waals surface area contributed by atoms with Gasteiger partial charge in [0.05, 0.1) is 12.1 Å². The van der Waals surface area contributed by atoms with Crippen LogP contribution in [0.4, 0.5) is 4.39 Å². The molecule has 0 N–H and O–H groups in total. The Morgan fingerprint density at radius 2 is 2.14 bits per heavy atom. The highest BCUT2D eigenvalue weighted by Gasteiger charge is 2.12. The zero-order valence-corrected chi connectivity index (χ0v) is 13.0. The lowest BCUT2D eigenvalue weighted by Gasteiger charge is -2.17. The quantitative estimate of drug-likeness (QED) is 0.830. The SMILES string of the molecule is CN(CCOc1ccccc1F)C(=O)c1cncc(Br)c1. The summed E-state index contributed by atoms with van der Waals surface area (Å²) in [5.74, 6) is -0.397. The first-order valence-electron chi connectivity index (χ1n) is 6.31. The summed E-state index contributed by atoms with van der Waals surface area (Å²) < 4.78 is 19.4. The largest absolute Gasteiger partial charge is 0.489 e. The molecule has 2 aromatic rings. The highest BCUT2D eigenvalue weighted by atomic mass is 79.9. The molecule has 0 spiro atoms.